The molecule has 1 aliphatic carbocycles. The quantitative estimate of drug-likeness (QED) is 0.781. The fraction of sp³-hybridized carbons (Fsp3) is 0.462. The Labute approximate surface area is 94.1 Å². The first-order valence-corrected chi connectivity index (χ1v) is 5.65. The highest BCUT2D eigenvalue weighted by Gasteiger charge is 2.56. The number of hydrogen-bond donors (Lipinski definition) is 1. The van der Waals surface area contributed by atoms with Crippen LogP contribution in [0.4, 0.5) is 4.39 Å². The molecule has 1 saturated heterocycles. The summed E-state index contributed by atoms with van der Waals surface area (Å²) in [5.74, 6) is -0.0802. The van der Waals surface area contributed by atoms with Crippen LogP contribution in [0, 0.1) is 23.1 Å². The maximum Gasteiger partial charge on any atom is 0.123 e. The lowest BCUT2D eigenvalue weighted by Gasteiger charge is -2.16. The molecule has 0 aromatic heterocycles. The van der Waals surface area contributed by atoms with Gasteiger partial charge in [0, 0.05) is 18.0 Å². The van der Waals surface area contributed by atoms with Gasteiger partial charge in [0.1, 0.15) is 5.82 Å². The molecule has 2 aliphatic rings. The molecule has 3 heteroatoms. The van der Waals surface area contributed by atoms with Crippen LogP contribution in [0.3, 0.4) is 0 Å². The molecule has 1 N–H and O–H groups in total. The lowest BCUT2D eigenvalue weighted by molar-refractivity contribution is 0.495. The zero-order valence-electron chi connectivity index (χ0n) is 8.91. The summed E-state index contributed by atoms with van der Waals surface area (Å²) in [6.07, 6.45) is 2.16. The summed E-state index contributed by atoms with van der Waals surface area (Å²) in [5, 5.41) is 12.7. The molecule has 1 aliphatic heterocycles. The van der Waals surface area contributed by atoms with Crippen molar-refractivity contribution in [2.75, 3.05) is 6.54 Å². The van der Waals surface area contributed by atoms with Crippen molar-refractivity contribution in [3.63, 3.8) is 0 Å². The third-order valence-corrected chi connectivity index (χ3v) is 3.88. The second kappa shape index (κ2) is 3.29. The third kappa shape index (κ3) is 1.34. The van der Waals surface area contributed by atoms with Crippen LogP contribution in [0.25, 0.3) is 0 Å². The Kier molecular flexibility index (Phi) is 2.02. The van der Waals surface area contributed by atoms with Crippen LogP contribution in [0.15, 0.2) is 24.3 Å². The number of benzene rings is 1. The van der Waals surface area contributed by atoms with Gasteiger partial charge in [0.05, 0.1) is 12.0 Å². The Hall–Kier alpha value is -1.40. The summed E-state index contributed by atoms with van der Waals surface area (Å²) >= 11 is 0. The van der Waals surface area contributed by atoms with Gasteiger partial charge in [0.25, 0.3) is 0 Å². The second-order valence-corrected chi connectivity index (χ2v) is 4.81. The molecule has 0 bridgehead atoms. The van der Waals surface area contributed by atoms with Crippen LogP contribution in [0.5, 0.6) is 0 Å². The maximum absolute atomic E-state index is 13.2. The van der Waals surface area contributed by atoms with Crippen LogP contribution >= 0.6 is 0 Å². The van der Waals surface area contributed by atoms with Gasteiger partial charge in [-0.15, -0.1) is 0 Å². The van der Waals surface area contributed by atoms with Gasteiger partial charge in [-0.3, -0.25) is 0 Å². The van der Waals surface area contributed by atoms with Gasteiger partial charge in [-0.1, -0.05) is 12.1 Å². The Morgan fingerprint density at radius 3 is 2.88 bits per heavy atom. The standard InChI is InChI=1S/C13H13FN2/c14-10-3-1-2-9(6-10)11-8-16-13(4-5-13)12(11)7-15/h1-3,6,11-12,16H,4-5,8H2. The van der Waals surface area contributed by atoms with E-state index >= 15 is 0 Å². The molecule has 2 fully saturated rings. The Morgan fingerprint density at radius 2 is 2.25 bits per heavy atom. The van der Waals surface area contributed by atoms with E-state index in [1.54, 1.807) is 12.1 Å². The van der Waals surface area contributed by atoms with Crippen molar-refractivity contribution in [2.24, 2.45) is 5.92 Å². The lowest BCUT2D eigenvalue weighted by Crippen LogP contribution is -2.28. The summed E-state index contributed by atoms with van der Waals surface area (Å²) in [4.78, 5) is 0. The molecule has 0 amide bonds. The van der Waals surface area contributed by atoms with Crippen molar-refractivity contribution in [2.45, 2.75) is 24.3 Å². The average molecular weight is 216 g/mol. The summed E-state index contributed by atoms with van der Waals surface area (Å²) in [6, 6.07) is 9.04. The van der Waals surface area contributed by atoms with Crippen molar-refractivity contribution < 1.29 is 4.39 Å². The van der Waals surface area contributed by atoms with E-state index < -0.39 is 0 Å². The fourth-order valence-corrected chi connectivity index (χ4v) is 2.81. The van der Waals surface area contributed by atoms with Gasteiger partial charge in [0.2, 0.25) is 0 Å². The van der Waals surface area contributed by atoms with Crippen molar-refractivity contribution in [3.05, 3.63) is 35.6 Å². The molecular weight excluding hydrogens is 203 g/mol. The van der Waals surface area contributed by atoms with Gasteiger partial charge in [-0.2, -0.15) is 5.26 Å². The van der Waals surface area contributed by atoms with Crippen LogP contribution in [0.2, 0.25) is 0 Å². The normalized spacial score (nSPS) is 30.2. The van der Waals surface area contributed by atoms with Crippen molar-refractivity contribution in [3.8, 4) is 6.07 Å². The summed E-state index contributed by atoms with van der Waals surface area (Å²) in [5.41, 5.74) is 0.994. The van der Waals surface area contributed by atoms with Gasteiger partial charge >= 0.3 is 0 Å². The molecule has 2 unspecified atom stereocenters. The molecule has 3 rings (SSSR count). The summed E-state index contributed by atoms with van der Waals surface area (Å²) < 4.78 is 13.2. The van der Waals surface area contributed by atoms with E-state index in [2.05, 4.69) is 11.4 Å². The predicted molar refractivity (Wildman–Crippen MR) is 58.2 cm³/mol. The van der Waals surface area contributed by atoms with Crippen molar-refractivity contribution >= 4 is 0 Å². The van der Waals surface area contributed by atoms with Gasteiger partial charge in [-0.25, -0.2) is 4.39 Å². The number of nitrogens with zero attached hydrogens (tertiary/aromatic N) is 1. The minimum absolute atomic E-state index is 0.00528. The first-order chi connectivity index (χ1) is 7.75. The number of nitriles is 1. The largest absolute Gasteiger partial charge is 0.309 e. The monoisotopic (exact) mass is 216 g/mol. The second-order valence-electron chi connectivity index (χ2n) is 4.81. The van der Waals surface area contributed by atoms with Crippen LogP contribution in [-0.2, 0) is 0 Å². The number of halogens is 1. The number of rotatable bonds is 1. The highest BCUT2D eigenvalue weighted by molar-refractivity contribution is 5.31. The first-order valence-electron chi connectivity index (χ1n) is 5.65. The molecule has 16 heavy (non-hydrogen) atoms. The Bertz CT molecular complexity index is 459. The molecule has 1 heterocycles. The SMILES string of the molecule is N#CC1C(c2cccc(F)c2)CNC12CC2. The zero-order valence-corrected chi connectivity index (χ0v) is 8.91. The maximum atomic E-state index is 13.2. The molecule has 0 radical (unpaired) electrons. The highest BCUT2D eigenvalue weighted by atomic mass is 19.1. The molecule has 1 aromatic carbocycles. The van der Waals surface area contributed by atoms with E-state index in [9.17, 15) is 9.65 Å². The van der Waals surface area contributed by atoms with Gasteiger partial charge < -0.3 is 5.32 Å². The molecule has 1 spiro atoms. The lowest BCUT2D eigenvalue weighted by atomic mass is 9.85. The molecule has 2 atom stereocenters. The molecule has 1 saturated carbocycles. The summed E-state index contributed by atoms with van der Waals surface area (Å²) in [7, 11) is 0. The highest BCUT2D eigenvalue weighted by Crippen LogP contribution is 2.51. The molecule has 1 aromatic rings. The molecular formula is C13H13FN2. The zero-order chi connectivity index (χ0) is 11.2. The number of hydrogen-bond acceptors (Lipinski definition) is 2. The van der Waals surface area contributed by atoms with E-state index in [-0.39, 0.29) is 23.2 Å². The van der Waals surface area contributed by atoms with E-state index in [4.69, 9.17) is 0 Å². The predicted octanol–water partition coefficient (Wildman–Crippen LogP) is 2.18. The third-order valence-electron chi connectivity index (χ3n) is 3.88. The van der Waals surface area contributed by atoms with Crippen LogP contribution < -0.4 is 5.32 Å². The van der Waals surface area contributed by atoms with Crippen LogP contribution in [-0.4, -0.2) is 12.1 Å². The van der Waals surface area contributed by atoms with Crippen LogP contribution in [0.1, 0.15) is 24.3 Å². The molecule has 2 nitrogen and oxygen atoms in total. The Morgan fingerprint density at radius 1 is 1.44 bits per heavy atom. The smallest absolute Gasteiger partial charge is 0.123 e. The van der Waals surface area contributed by atoms with Gasteiger partial charge in [0.15, 0.2) is 0 Å². The minimum atomic E-state index is -0.217. The van der Waals surface area contributed by atoms with E-state index in [0.717, 1.165) is 24.9 Å². The van der Waals surface area contributed by atoms with E-state index in [0.29, 0.717) is 0 Å². The topological polar surface area (TPSA) is 35.8 Å². The van der Waals surface area contributed by atoms with E-state index in [1.165, 1.54) is 6.07 Å². The van der Waals surface area contributed by atoms with Crippen molar-refractivity contribution in [1.82, 2.24) is 5.32 Å². The fourth-order valence-electron chi connectivity index (χ4n) is 2.81. The first kappa shape index (κ1) is 9.80. The van der Waals surface area contributed by atoms with E-state index in [1.807, 2.05) is 6.07 Å². The van der Waals surface area contributed by atoms with Crippen molar-refractivity contribution in [1.29, 1.82) is 5.26 Å². The Balaban J connectivity index is 1.94. The van der Waals surface area contributed by atoms with Gasteiger partial charge in [-0.05, 0) is 30.5 Å². The molecule has 82 valence electrons. The minimum Gasteiger partial charge on any atom is -0.309 e. The average Bonchev–Trinajstić information content (AvgIpc) is 2.93. The number of nitrogens with one attached hydrogen (secondary N) is 1. The summed E-state index contributed by atoms with van der Waals surface area (Å²) in [6.45, 7) is 0.793.